The molecule has 4 heterocycles. The van der Waals surface area contributed by atoms with Crippen LogP contribution in [0.25, 0.3) is 11.6 Å². The molecule has 8 heteroatoms. The van der Waals surface area contributed by atoms with Gasteiger partial charge in [-0.2, -0.15) is 10.1 Å². The van der Waals surface area contributed by atoms with Gasteiger partial charge in [-0.3, -0.25) is 9.48 Å². The Kier molecular flexibility index (Phi) is 4.32. The zero-order valence-electron chi connectivity index (χ0n) is 13.7. The molecule has 0 unspecified atom stereocenters. The minimum absolute atomic E-state index is 0.106. The van der Waals surface area contributed by atoms with E-state index in [0.717, 1.165) is 19.4 Å². The molecule has 1 fully saturated rings. The molecule has 0 aliphatic carbocycles. The topological polar surface area (TPSA) is 90.2 Å². The molecule has 1 saturated heterocycles. The van der Waals surface area contributed by atoms with Crippen molar-refractivity contribution in [2.45, 2.75) is 31.7 Å². The first kappa shape index (κ1) is 15.6. The molecule has 1 aliphatic rings. The maximum atomic E-state index is 12.5. The van der Waals surface area contributed by atoms with Crippen LogP contribution in [0.1, 0.15) is 31.2 Å². The number of rotatable bonds is 5. The van der Waals surface area contributed by atoms with Crippen LogP contribution < -0.4 is 0 Å². The van der Waals surface area contributed by atoms with E-state index in [2.05, 4.69) is 15.2 Å². The zero-order valence-corrected chi connectivity index (χ0v) is 13.7. The summed E-state index contributed by atoms with van der Waals surface area (Å²) in [4.78, 5) is 18.7. The van der Waals surface area contributed by atoms with Crippen molar-refractivity contribution in [3.05, 3.63) is 42.7 Å². The Bertz CT molecular complexity index is 809. The lowest BCUT2D eigenvalue weighted by Crippen LogP contribution is -2.40. The molecule has 4 rings (SSSR count). The number of aromatic nitrogens is 4. The van der Waals surface area contributed by atoms with E-state index in [-0.39, 0.29) is 11.9 Å². The van der Waals surface area contributed by atoms with Crippen molar-refractivity contribution in [2.75, 3.05) is 13.1 Å². The van der Waals surface area contributed by atoms with Gasteiger partial charge in [0.15, 0.2) is 5.76 Å². The Morgan fingerprint density at radius 1 is 1.36 bits per heavy atom. The van der Waals surface area contributed by atoms with E-state index in [1.165, 1.54) is 0 Å². The average Bonchev–Trinajstić information content (AvgIpc) is 3.42. The van der Waals surface area contributed by atoms with Gasteiger partial charge in [-0.05, 0) is 31.0 Å². The standard InChI is InChI=1S/C17H19N5O3/c23-16(21-9-1-4-13(12-21)22-10-3-8-18-22)7-6-15-19-17(20-25-15)14-5-2-11-24-14/h2-3,5,8,10-11,13H,1,4,6-7,9,12H2/t13-/m1/s1. The van der Waals surface area contributed by atoms with Gasteiger partial charge in [0.1, 0.15) is 0 Å². The molecule has 130 valence electrons. The highest BCUT2D eigenvalue weighted by atomic mass is 16.5. The quantitative estimate of drug-likeness (QED) is 0.707. The molecule has 3 aromatic rings. The molecule has 0 saturated carbocycles. The van der Waals surface area contributed by atoms with E-state index in [1.807, 2.05) is 21.8 Å². The molecule has 0 N–H and O–H groups in total. The number of aryl methyl sites for hydroxylation is 1. The lowest BCUT2D eigenvalue weighted by molar-refractivity contribution is -0.133. The van der Waals surface area contributed by atoms with Crippen LogP contribution in [-0.4, -0.2) is 43.8 Å². The first-order valence-corrected chi connectivity index (χ1v) is 8.43. The normalized spacial score (nSPS) is 17.8. The monoisotopic (exact) mass is 341 g/mol. The van der Waals surface area contributed by atoms with E-state index in [9.17, 15) is 4.79 Å². The fourth-order valence-electron chi connectivity index (χ4n) is 3.13. The smallest absolute Gasteiger partial charge is 0.238 e. The molecule has 0 aromatic carbocycles. The van der Waals surface area contributed by atoms with Crippen molar-refractivity contribution in [3.8, 4) is 11.6 Å². The highest BCUT2D eigenvalue weighted by molar-refractivity contribution is 5.76. The fourth-order valence-corrected chi connectivity index (χ4v) is 3.13. The number of hydrogen-bond donors (Lipinski definition) is 0. The summed E-state index contributed by atoms with van der Waals surface area (Å²) in [6.07, 6.45) is 8.09. The van der Waals surface area contributed by atoms with Crippen LogP contribution in [0.3, 0.4) is 0 Å². The van der Waals surface area contributed by atoms with E-state index in [0.29, 0.717) is 36.9 Å². The van der Waals surface area contributed by atoms with E-state index in [4.69, 9.17) is 8.94 Å². The molecule has 0 bridgehead atoms. The van der Waals surface area contributed by atoms with Crippen LogP contribution in [0.15, 0.2) is 45.8 Å². The van der Waals surface area contributed by atoms with Gasteiger partial charge < -0.3 is 13.8 Å². The third-order valence-corrected chi connectivity index (χ3v) is 4.41. The molecule has 1 atom stereocenters. The maximum Gasteiger partial charge on any atom is 0.238 e. The fraction of sp³-hybridized carbons (Fsp3) is 0.412. The Morgan fingerprint density at radius 2 is 2.32 bits per heavy atom. The maximum absolute atomic E-state index is 12.5. The summed E-state index contributed by atoms with van der Waals surface area (Å²) in [6.45, 7) is 1.49. The summed E-state index contributed by atoms with van der Waals surface area (Å²) in [5, 5.41) is 8.17. The van der Waals surface area contributed by atoms with Crippen LogP contribution >= 0.6 is 0 Å². The van der Waals surface area contributed by atoms with Crippen molar-refractivity contribution in [1.82, 2.24) is 24.8 Å². The van der Waals surface area contributed by atoms with Gasteiger partial charge >= 0.3 is 0 Å². The number of furan rings is 1. The Hall–Kier alpha value is -2.90. The Balaban J connectivity index is 1.33. The SMILES string of the molecule is O=C(CCc1nc(-c2ccco2)no1)N1CCC[C@@H](n2cccn2)C1. The molecule has 25 heavy (non-hydrogen) atoms. The first-order valence-electron chi connectivity index (χ1n) is 8.43. The number of likely N-dealkylation sites (tertiary alicyclic amines) is 1. The molecule has 0 spiro atoms. The van der Waals surface area contributed by atoms with Gasteiger partial charge in [-0.1, -0.05) is 5.16 Å². The van der Waals surface area contributed by atoms with Gasteiger partial charge in [0.25, 0.3) is 0 Å². The third-order valence-electron chi connectivity index (χ3n) is 4.41. The van der Waals surface area contributed by atoms with Gasteiger partial charge in [-0.15, -0.1) is 0 Å². The summed E-state index contributed by atoms with van der Waals surface area (Å²) in [7, 11) is 0. The third kappa shape index (κ3) is 3.47. The second-order valence-electron chi connectivity index (χ2n) is 6.11. The predicted molar refractivity (Wildman–Crippen MR) is 87.4 cm³/mol. The lowest BCUT2D eigenvalue weighted by Gasteiger charge is -2.32. The van der Waals surface area contributed by atoms with Crippen molar-refractivity contribution in [3.63, 3.8) is 0 Å². The van der Waals surface area contributed by atoms with Crippen LogP contribution in [0.2, 0.25) is 0 Å². The Labute approximate surface area is 144 Å². The molecule has 8 nitrogen and oxygen atoms in total. The molecular weight excluding hydrogens is 322 g/mol. The minimum Gasteiger partial charge on any atom is -0.461 e. The van der Waals surface area contributed by atoms with Gasteiger partial charge in [0.2, 0.25) is 17.6 Å². The molecular formula is C17H19N5O3. The van der Waals surface area contributed by atoms with Gasteiger partial charge in [0, 0.05) is 38.3 Å². The van der Waals surface area contributed by atoms with Crippen LogP contribution in [0, 0.1) is 0 Å². The van der Waals surface area contributed by atoms with Crippen LogP contribution in [-0.2, 0) is 11.2 Å². The van der Waals surface area contributed by atoms with Gasteiger partial charge in [0.05, 0.1) is 12.3 Å². The highest BCUT2D eigenvalue weighted by Gasteiger charge is 2.25. The number of piperidine rings is 1. The highest BCUT2D eigenvalue weighted by Crippen LogP contribution is 2.22. The lowest BCUT2D eigenvalue weighted by atomic mass is 10.1. The van der Waals surface area contributed by atoms with Crippen molar-refractivity contribution < 1.29 is 13.7 Å². The van der Waals surface area contributed by atoms with Crippen LogP contribution in [0.4, 0.5) is 0 Å². The van der Waals surface area contributed by atoms with E-state index < -0.39 is 0 Å². The number of carbonyl (C=O) groups is 1. The summed E-state index contributed by atoms with van der Waals surface area (Å²) >= 11 is 0. The molecule has 3 aromatic heterocycles. The largest absolute Gasteiger partial charge is 0.461 e. The Morgan fingerprint density at radius 3 is 3.12 bits per heavy atom. The van der Waals surface area contributed by atoms with Crippen molar-refractivity contribution in [1.29, 1.82) is 0 Å². The summed E-state index contributed by atoms with van der Waals surface area (Å²) in [6, 6.07) is 5.69. The molecule has 0 radical (unpaired) electrons. The van der Waals surface area contributed by atoms with E-state index >= 15 is 0 Å². The second kappa shape index (κ2) is 6.92. The minimum atomic E-state index is 0.106. The average molecular weight is 341 g/mol. The zero-order chi connectivity index (χ0) is 17.1. The van der Waals surface area contributed by atoms with Crippen molar-refractivity contribution in [2.24, 2.45) is 0 Å². The number of carbonyl (C=O) groups excluding carboxylic acids is 1. The second-order valence-corrected chi connectivity index (χ2v) is 6.11. The van der Waals surface area contributed by atoms with Crippen molar-refractivity contribution >= 4 is 5.91 Å². The molecule has 1 amide bonds. The van der Waals surface area contributed by atoms with Gasteiger partial charge in [-0.25, -0.2) is 0 Å². The number of amides is 1. The summed E-state index contributed by atoms with van der Waals surface area (Å²) < 4.78 is 12.4. The van der Waals surface area contributed by atoms with E-state index in [1.54, 1.807) is 24.6 Å². The van der Waals surface area contributed by atoms with Crippen LogP contribution in [0.5, 0.6) is 0 Å². The summed E-state index contributed by atoms with van der Waals surface area (Å²) in [5.74, 6) is 1.51. The molecule has 1 aliphatic heterocycles. The first-order chi connectivity index (χ1) is 12.3. The summed E-state index contributed by atoms with van der Waals surface area (Å²) in [5.41, 5.74) is 0. The number of hydrogen-bond acceptors (Lipinski definition) is 6. The predicted octanol–water partition coefficient (Wildman–Crippen LogP) is 2.32. The number of nitrogens with zero attached hydrogens (tertiary/aromatic N) is 5.